The molecule has 0 radical (unpaired) electrons. The molecule has 1 aliphatic rings. The average Bonchev–Trinajstić information content (AvgIpc) is 3.17. The van der Waals surface area contributed by atoms with Crippen molar-refractivity contribution in [2.45, 2.75) is 50.1 Å². The summed E-state index contributed by atoms with van der Waals surface area (Å²) in [7, 11) is 1.64. The molecular formula is C23H27N5O2S. The molecule has 0 saturated heterocycles. The van der Waals surface area contributed by atoms with E-state index < -0.39 is 5.25 Å². The molecule has 0 aliphatic carbocycles. The van der Waals surface area contributed by atoms with Crippen LogP contribution in [-0.2, 0) is 11.2 Å². The quantitative estimate of drug-likeness (QED) is 0.600. The van der Waals surface area contributed by atoms with Crippen LogP contribution in [0.25, 0.3) is 0 Å². The van der Waals surface area contributed by atoms with Crippen molar-refractivity contribution in [1.82, 2.24) is 14.9 Å². The minimum atomic E-state index is -0.416. The Kier molecular flexibility index (Phi) is 6.18. The third-order valence-corrected chi connectivity index (χ3v) is 6.57. The molecule has 0 fully saturated rings. The lowest BCUT2D eigenvalue weighted by atomic mass is 10.0. The van der Waals surface area contributed by atoms with E-state index in [0.717, 1.165) is 46.8 Å². The summed E-state index contributed by atoms with van der Waals surface area (Å²) in [4.78, 5) is 13.4. The summed E-state index contributed by atoms with van der Waals surface area (Å²) in [5, 5.41) is 12.0. The molecule has 2 atom stereocenters. The molecule has 4 rings (SSSR count). The molecule has 1 aliphatic heterocycles. The maximum Gasteiger partial charge on any atom is 0.240 e. The van der Waals surface area contributed by atoms with Gasteiger partial charge in [0, 0.05) is 12.1 Å². The molecule has 0 unspecified atom stereocenters. The van der Waals surface area contributed by atoms with Gasteiger partial charge in [0.15, 0.2) is 5.82 Å². The molecule has 1 aromatic heterocycles. The molecule has 0 bridgehead atoms. The van der Waals surface area contributed by atoms with Gasteiger partial charge in [0.1, 0.15) is 11.0 Å². The summed E-state index contributed by atoms with van der Waals surface area (Å²) in [6, 6.07) is 13.6. The fraction of sp³-hybridized carbons (Fsp3) is 0.348. The second-order valence-corrected chi connectivity index (χ2v) is 8.82. The first kappa shape index (κ1) is 21.2. The SMILES string of the molecule is CCCc1nnc2n1N[C@H](c1ccc(OC)cc1)[C@H](C(=O)Nc1ccc(C)cc1C)S2. The first-order valence-corrected chi connectivity index (χ1v) is 11.3. The lowest BCUT2D eigenvalue weighted by molar-refractivity contribution is -0.116. The van der Waals surface area contributed by atoms with Crippen LogP contribution in [0.4, 0.5) is 5.69 Å². The Morgan fingerprint density at radius 3 is 2.65 bits per heavy atom. The van der Waals surface area contributed by atoms with E-state index in [-0.39, 0.29) is 11.9 Å². The van der Waals surface area contributed by atoms with Crippen LogP contribution >= 0.6 is 11.8 Å². The van der Waals surface area contributed by atoms with Gasteiger partial charge in [-0.2, -0.15) is 0 Å². The zero-order valence-corrected chi connectivity index (χ0v) is 19.0. The van der Waals surface area contributed by atoms with Gasteiger partial charge in [-0.1, -0.05) is 48.5 Å². The van der Waals surface area contributed by atoms with Crippen LogP contribution in [0.3, 0.4) is 0 Å². The Morgan fingerprint density at radius 1 is 1.19 bits per heavy atom. The maximum atomic E-state index is 13.4. The number of fused-ring (bicyclic) bond motifs is 1. The minimum Gasteiger partial charge on any atom is -0.497 e. The summed E-state index contributed by atoms with van der Waals surface area (Å²) in [5.74, 6) is 1.58. The van der Waals surface area contributed by atoms with Gasteiger partial charge < -0.3 is 15.5 Å². The van der Waals surface area contributed by atoms with Crippen LogP contribution in [0.15, 0.2) is 47.6 Å². The number of hydrogen-bond donors (Lipinski definition) is 2. The fourth-order valence-electron chi connectivity index (χ4n) is 3.70. The number of amides is 1. The Hall–Kier alpha value is -3.00. The van der Waals surface area contributed by atoms with Gasteiger partial charge in [0.25, 0.3) is 0 Å². The molecule has 7 nitrogen and oxygen atoms in total. The van der Waals surface area contributed by atoms with E-state index in [4.69, 9.17) is 4.74 Å². The molecule has 0 spiro atoms. The van der Waals surface area contributed by atoms with E-state index in [2.05, 4.69) is 33.9 Å². The predicted molar refractivity (Wildman–Crippen MR) is 123 cm³/mol. The van der Waals surface area contributed by atoms with Gasteiger partial charge >= 0.3 is 0 Å². The van der Waals surface area contributed by atoms with Crippen molar-refractivity contribution in [2.24, 2.45) is 0 Å². The lowest BCUT2D eigenvalue weighted by Gasteiger charge is -2.33. The van der Waals surface area contributed by atoms with Crippen LogP contribution in [0, 0.1) is 13.8 Å². The molecule has 1 amide bonds. The monoisotopic (exact) mass is 437 g/mol. The highest BCUT2D eigenvalue weighted by molar-refractivity contribution is 8.00. The summed E-state index contributed by atoms with van der Waals surface area (Å²) < 4.78 is 7.22. The fourth-order valence-corrected chi connectivity index (χ4v) is 4.80. The molecule has 162 valence electrons. The third kappa shape index (κ3) is 4.39. The number of carbonyl (C=O) groups excluding carboxylic acids is 1. The second kappa shape index (κ2) is 9.01. The summed E-state index contributed by atoms with van der Waals surface area (Å²) in [6.07, 6.45) is 1.78. The Labute approximate surface area is 186 Å². The number of rotatable bonds is 6. The van der Waals surface area contributed by atoms with Gasteiger partial charge in [-0.3, -0.25) is 4.79 Å². The van der Waals surface area contributed by atoms with E-state index in [0.29, 0.717) is 5.16 Å². The maximum absolute atomic E-state index is 13.4. The number of nitrogens with one attached hydrogen (secondary N) is 2. The molecule has 3 aromatic rings. The number of thioether (sulfide) groups is 1. The Bertz CT molecular complexity index is 1080. The number of ether oxygens (including phenoxy) is 1. The highest BCUT2D eigenvalue weighted by Gasteiger charge is 2.37. The van der Waals surface area contributed by atoms with E-state index in [1.807, 2.05) is 54.9 Å². The molecule has 2 aromatic carbocycles. The van der Waals surface area contributed by atoms with Crippen LogP contribution in [0.1, 0.15) is 41.9 Å². The number of hydrogen-bond acceptors (Lipinski definition) is 6. The van der Waals surface area contributed by atoms with Crippen LogP contribution in [0.5, 0.6) is 5.75 Å². The van der Waals surface area contributed by atoms with Crippen molar-refractivity contribution in [3.63, 3.8) is 0 Å². The number of nitrogens with zero attached hydrogens (tertiary/aromatic N) is 3. The van der Waals surface area contributed by atoms with Gasteiger partial charge in [0.2, 0.25) is 11.1 Å². The van der Waals surface area contributed by atoms with Crippen molar-refractivity contribution >= 4 is 23.4 Å². The summed E-state index contributed by atoms with van der Waals surface area (Å²) >= 11 is 1.44. The lowest BCUT2D eigenvalue weighted by Crippen LogP contribution is -2.41. The van der Waals surface area contributed by atoms with Crippen molar-refractivity contribution in [1.29, 1.82) is 0 Å². The number of anilines is 1. The van der Waals surface area contributed by atoms with E-state index in [1.54, 1.807) is 7.11 Å². The summed E-state index contributed by atoms with van der Waals surface area (Å²) in [5.41, 5.74) is 7.51. The first-order valence-electron chi connectivity index (χ1n) is 10.4. The van der Waals surface area contributed by atoms with E-state index >= 15 is 0 Å². The van der Waals surface area contributed by atoms with Gasteiger partial charge in [-0.15, -0.1) is 10.2 Å². The zero-order valence-electron chi connectivity index (χ0n) is 18.2. The van der Waals surface area contributed by atoms with Crippen LogP contribution in [-0.4, -0.2) is 33.1 Å². The van der Waals surface area contributed by atoms with Gasteiger partial charge in [-0.05, 0) is 49.6 Å². The number of aromatic nitrogens is 3. The highest BCUT2D eigenvalue weighted by atomic mass is 32.2. The number of benzene rings is 2. The minimum absolute atomic E-state index is 0.0726. The first-order chi connectivity index (χ1) is 15.0. The zero-order chi connectivity index (χ0) is 22.0. The molecule has 8 heteroatoms. The average molecular weight is 438 g/mol. The molecule has 0 saturated carbocycles. The van der Waals surface area contributed by atoms with Crippen molar-refractivity contribution in [2.75, 3.05) is 17.9 Å². The van der Waals surface area contributed by atoms with Crippen molar-refractivity contribution < 1.29 is 9.53 Å². The normalized spacial score (nSPS) is 17.5. The third-order valence-electron chi connectivity index (χ3n) is 5.35. The molecule has 31 heavy (non-hydrogen) atoms. The van der Waals surface area contributed by atoms with Crippen molar-refractivity contribution in [3.05, 3.63) is 65.0 Å². The summed E-state index contributed by atoms with van der Waals surface area (Å²) in [6.45, 7) is 6.15. The Morgan fingerprint density at radius 2 is 1.97 bits per heavy atom. The van der Waals surface area contributed by atoms with E-state index in [9.17, 15) is 4.79 Å². The van der Waals surface area contributed by atoms with Crippen molar-refractivity contribution in [3.8, 4) is 5.75 Å². The standard InChI is InChI=1S/C23H27N5O2S/c1-5-6-19-25-26-23-28(19)27-20(16-8-10-17(30-4)11-9-16)21(31-23)22(29)24-18-12-7-14(2)13-15(18)3/h7-13,20-21,27H,5-6H2,1-4H3,(H,24,29)/t20-,21-/m1/s1. The highest BCUT2D eigenvalue weighted by Crippen LogP contribution is 2.38. The number of carbonyl (C=O) groups is 1. The number of aryl methyl sites for hydroxylation is 3. The second-order valence-electron chi connectivity index (χ2n) is 7.71. The smallest absolute Gasteiger partial charge is 0.240 e. The van der Waals surface area contributed by atoms with Gasteiger partial charge in [0.05, 0.1) is 13.2 Å². The largest absolute Gasteiger partial charge is 0.497 e. The molecule has 2 heterocycles. The number of methoxy groups -OCH3 is 1. The predicted octanol–water partition coefficient (Wildman–Crippen LogP) is 4.25. The van der Waals surface area contributed by atoms with E-state index in [1.165, 1.54) is 11.8 Å². The van der Waals surface area contributed by atoms with Crippen LogP contribution < -0.4 is 15.5 Å². The molecular weight excluding hydrogens is 410 g/mol. The van der Waals surface area contributed by atoms with Gasteiger partial charge in [-0.25, -0.2) is 4.68 Å². The Balaban J connectivity index is 1.67. The van der Waals surface area contributed by atoms with Crippen LogP contribution in [0.2, 0.25) is 0 Å². The molecule has 2 N–H and O–H groups in total. The topological polar surface area (TPSA) is 81.1 Å².